The van der Waals surface area contributed by atoms with E-state index in [9.17, 15) is 5.11 Å². The summed E-state index contributed by atoms with van der Waals surface area (Å²) >= 11 is 3.38. The van der Waals surface area contributed by atoms with Crippen LogP contribution in [0.25, 0.3) is 0 Å². The molecule has 3 N–H and O–H groups in total. The Morgan fingerprint density at radius 2 is 2.25 bits per heavy atom. The lowest BCUT2D eigenvalue weighted by Crippen LogP contribution is -2.08. The third kappa shape index (κ3) is 1.99. The number of nitrogens with two attached hydrogens (primary N) is 1. The van der Waals surface area contributed by atoms with Crippen molar-refractivity contribution in [1.29, 1.82) is 0 Å². The van der Waals surface area contributed by atoms with Gasteiger partial charge in [0, 0.05) is 10.5 Å². The van der Waals surface area contributed by atoms with Gasteiger partial charge in [0.2, 0.25) is 0 Å². The fraction of sp³-hybridized carbons (Fsp3) is 0.333. The quantitative estimate of drug-likeness (QED) is 0.820. The van der Waals surface area contributed by atoms with Gasteiger partial charge in [-0.25, -0.2) is 0 Å². The van der Waals surface area contributed by atoms with E-state index in [4.69, 9.17) is 5.73 Å². The van der Waals surface area contributed by atoms with Gasteiger partial charge >= 0.3 is 0 Å². The molecule has 1 aromatic carbocycles. The Kier molecular flexibility index (Phi) is 3.12. The lowest BCUT2D eigenvalue weighted by Gasteiger charge is -2.11. The van der Waals surface area contributed by atoms with Crippen molar-refractivity contribution >= 4 is 15.9 Å². The average molecular weight is 230 g/mol. The molecule has 0 unspecified atom stereocenters. The van der Waals surface area contributed by atoms with Crippen molar-refractivity contribution in [2.75, 3.05) is 0 Å². The molecule has 0 saturated heterocycles. The van der Waals surface area contributed by atoms with Gasteiger partial charge in [0.25, 0.3) is 0 Å². The van der Waals surface area contributed by atoms with E-state index >= 15 is 0 Å². The Balaban J connectivity index is 3.04. The number of phenolic OH excluding ortho intramolecular Hbond substituents is 1. The Morgan fingerprint density at radius 1 is 1.58 bits per heavy atom. The molecule has 0 radical (unpaired) electrons. The second kappa shape index (κ2) is 3.92. The lowest BCUT2D eigenvalue weighted by molar-refractivity contribution is 0.473. The van der Waals surface area contributed by atoms with Crippen molar-refractivity contribution in [3.8, 4) is 5.75 Å². The van der Waals surface area contributed by atoms with E-state index in [0.29, 0.717) is 0 Å². The standard InChI is InChI=1S/C9H12BrNO/c1-2-9(11)7-5-6(12)3-4-8(7)10/h3-5,9,12H,2,11H2,1H3/t9-/m1/s1. The molecule has 0 amide bonds. The maximum Gasteiger partial charge on any atom is 0.115 e. The van der Waals surface area contributed by atoms with Gasteiger partial charge in [-0.3, -0.25) is 0 Å². The van der Waals surface area contributed by atoms with Crippen molar-refractivity contribution < 1.29 is 5.11 Å². The van der Waals surface area contributed by atoms with Crippen molar-refractivity contribution in [1.82, 2.24) is 0 Å². The van der Waals surface area contributed by atoms with Crippen molar-refractivity contribution in [3.05, 3.63) is 28.2 Å². The summed E-state index contributed by atoms with van der Waals surface area (Å²) in [5.41, 5.74) is 6.78. The molecule has 12 heavy (non-hydrogen) atoms. The first-order chi connectivity index (χ1) is 5.65. The molecule has 1 atom stereocenters. The third-order valence-electron chi connectivity index (χ3n) is 1.82. The molecule has 0 aliphatic heterocycles. The van der Waals surface area contributed by atoms with Crippen LogP contribution in [-0.4, -0.2) is 5.11 Å². The topological polar surface area (TPSA) is 46.2 Å². The molecule has 0 aliphatic carbocycles. The number of rotatable bonds is 2. The van der Waals surface area contributed by atoms with Crippen LogP contribution in [-0.2, 0) is 0 Å². The van der Waals surface area contributed by atoms with E-state index < -0.39 is 0 Å². The van der Waals surface area contributed by atoms with Crippen LogP contribution in [0, 0.1) is 0 Å². The van der Waals surface area contributed by atoms with Crippen LogP contribution in [0.3, 0.4) is 0 Å². The highest BCUT2D eigenvalue weighted by Crippen LogP contribution is 2.27. The van der Waals surface area contributed by atoms with Gasteiger partial charge in [-0.1, -0.05) is 22.9 Å². The molecule has 3 heteroatoms. The van der Waals surface area contributed by atoms with Crippen LogP contribution in [0.5, 0.6) is 5.75 Å². The number of halogens is 1. The van der Waals surface area contributed by atoms with Crippen molar-refractivity contribution in [3.63, 3.8) is 0 Å². The maximum atomic E-state index is 9.21. The monoisotopic (exact) mass is 229 g/mol. The van der Waals surface area contributed by atoms with E-state index in [0.717, 1.165) is 16.5 Å². The van der Waals surface area contributed by atoms with Crippen molar-refractivity contribution in [2.24, 2.45) is 5.73 Å². The zero-order valence-corrected chi connectivity index (χ0v) is 8.51. The molecule has 0 aliphatic rings. The molecule has 1 aromatic rings. The summed E-state index contributed by atoms with van der Waals surface area (Å²) in [4.78, 5) is 0. The second-order valence-corrected chi connectivity index (χ2v) is 3.57. The third-order valence-corrected chi connectivity index (χ3v) is 2.54. The van der Waals surface area contributed by atoms with E-state index in [1.165, 1.54) is 0 Å². The summed E-state index contributed by atoms with van der Waals surface area (Å²) < 4.78 is 0.953. The SMILES string of the molecule is CC[C@@H](N)c1cc(O)ccc1Br. The predicted molar refractivity (Wildman–Crippen MR) is 53.0 cm³/mol. The van der Waals surface area contributed by atoms with Crippen LogP contribution >= 0.6 is 15.9 Å². The van der Waals surface area contributed by atoms with Gasteiger partial charge in [0.05, 0.1) is 0 Å². The number of aromatic hydroxyl groups is 1. The number of hydrogen-bond acceptors (Lipinski definition) is 2. The van der Waals surface area contributed by atoms with E-state index in [2.05, 4.69) is 15.9 Å². The fourth-order valence-corrected chi connectivity index (χ4v) is 1.58. The van der Waals surface area contributed by atoms with E-state index in [-0.39, 0.29) is 11.8 Å². The second-order valence-electron chi connectivity index (χ2n) is 2.72. The first-order valence-corrected chi connectivity index (χ1v) is 4.68. The van der Waals surface area contributed by atoms with Gasteiger partial charge in [0.1, 0.15) is 5.75 Å². The van der Waals surface area contributed by atoms with E-state index in [1.54, 1.807) is 18.2 Å². The highest BCUT2D eigenvalue weighted by atomic mass is 79.9. The van der Waals surface area contributed by atoms with Gasteiger partial charge < -0.3 is 10.8 Å². The molecule has 0 heterocycles. The molecule has 1 rings (SSSR count). The lowest BCUT2D eigenvalue weighted by atomic mass is 10.1. The fourth-order valence-electron chi connectivity index (χ4n) is 1.04. The minimum atomic E-state index is -0.00789. The van der Waals surface area contributed by atoms with Crippen LogP contribution in [0.2, 0.25) is 0 Å². The zero-order valence-electron chi connectivity index (χ0n) is 6.92. The van der Waals surface area contributed by atoms with Crippen LogP contribution in [0.15, 0.2) is 22.7 Å². The van der Waals surface area contributed by atoms with Crippen LogP contribution in [0.4, 0.5) is 0 Å². The molecule has 2 nitrogen and oxygen atoms in total. The molecule has 0 bridgehead atoms. The molecule has 0 fully saturated rings. The molecule has 0 aromatic heterocycles. The Bertz CT molecular complexity index is 275. The summed E-state index contributed by atoms with van der Waals surface area (Å²) in [6.45, 7) is 2.02. The summed E-state index contributed by atoms with van der Waals surface area (Å²) in [6, 6.07) is 5.13. The minimum Gasteiger partial charge on any atom is -0.508 e. The summed E-state index contributed by atoms with van der Waals surface area (Å²) in [6.07, 6.45) is 0.863. The average Bonchev–Trinajstić information content (AvgIpc) is 2.08. The van der Waals surface area contributed by atoms with Gasteiger partial charge in [-0.05, 0) is 30.2 Å². The predicted octanol–water partition coefficient (Wildman–Crippen LogP) is 2.56. The number of benzene rings is 1. The van der Waals surface area contributed by atoms with Crippen LogP contribution in [0.1, 0.15) is 24.9 Å². The Labute approximate surface area is 80.5 Å². The largest absolute Gasteiger partial charge is 0.508 e. The molecule has 66 valence electrons. The number of phenols is 1. The summed E-state index contributed by atoms with van der Waals surface area (Å²) in [7, 11) is 0. The first-order valence-electron chi connectivity index (χ1n) is 3.89. The highest BCUT2D eigenvalue weighted by molar-refractivity contribution is 9.10. The van der Waals surface area contributed by atoms with Gasteiger partial charge in [0.15, 0.2) is 0 Å². The van der Waals surface area contributed by atoms with Gasteiger partial charge in [-0.15, -0.1) is 0 Å². The smallest absolute Gasteiger partial charge is 0.115 e. The summed E-state index contributed by atoms with van der Waals surface area (Å²) in [5, 5.41) is 9.21. The molecular weight excluding hydrogens is 218 g/mol. The molecule has 0 spiro atoms. The normalized spacial score (nSPS) is 12.9. The van der Waals surface area contributed by atoms with Crippen molar-refractivity contribution in [2.45, 2.75) is 19.4 Å². The Hall–Kier alpha value is -0.540. The van der Waals surface area contributed by atoms with Crippen LogP contribution < -0.4 is 5.73 Å². The van der Waals surface area contributed by atoms with Gasteiger partial charge in [-0.2, -0.15) is 0 Å². The van der Waals surface area contributed by atoms with E-state index in [1.807, 2.05) is 6.92 Å². The highest BCUT2D eigenvalue weighted by Gasteiger charge is 2.07. The number of hydrogen-bond donors (Lipinski definition) is 2. The Morgan fingerprint density at radius 3 is 2.83 bits per heavy atom. The maximum absolute atomic E-state index is 9.21. The first kappa shape index (κ1) is 9.55. The minimum absolute atomic E-state index is 0.00789. The zero-order chi connectivity index (χ0) is 9.14. The summed E-state index contributed by atoms with van der Waals surface area (Å²) in [5.74, 6) is 0.261. The molecule has 0 saturated carbocycles. The molecular formula is C9H12BrNO.